The van der Waals surface area contributed by atoms with Gasteiger partial charge in [0.1, 0.15) is 5.82 Å². The van der Waals surface area contributed by atoms with Crippen molar-refractivity contribution < 1.29 is 18.7 Å². The predicted molar refractivity (Wildman–Crippen MR) is 86.1 cm³/mol. The molecule has 0 radical (unpaired) electrons. The van der Waals surface area contributed by atoms with Crippen LogP contribution in [0, 0.1) is 17.1 Å². The number of rotatable bonds is 4. The van der Waals surface area contributed by atoms with Crippen LogP contribution in [0.2, 0.25) is 5.02 Å². The molecule has 122 valence electrons. The highest BCUT2D eigenvalue weighted by atomic mass is 35.5. The molecule has 2 aromatic rings. The second kappa shape index (κ2) is 7.57. The lowest BCUT2D eigenvalue weighted by Gasteiger charge is -2.14. The van der Waals surface area contributed by atoms with E-state index in [0.29, 0.717) is 5.56 Å². The van der Waals surface area contributed by atoms with Gasteiger partial charge in [-0.25, -0.2) is 9.18 Å². The zero-order valence-corrected chi connectivity index (χ0v) is 13.3. The van der Waals surface area contributed by atoms with Crippen LogP contribution in [0.4, 0.5) is 10.1 Å². The van der Waals surface area contributed by atoms with Gasteiger partial charge in [0.25, 0.3) is 5.91 Å². The molecule has 7 heteroatoms. The molecule has 0 saturated carbocycles. The van der Waals surface area contributed by atoms with Crippen molar-refractivity contribution in [3.05, 3.63) is 64.4 Å². The quantitative estimate of drug-likeness (QED) is 0.859. The summed E-state index contributed by atoms with van der Waals surface area (Å²) < 4.78 is 18.0. The second-order valence-electron chi connectivity index (χ2n) is 4.85. The minimum absolute atomic E-state index is 0.0361. The van der Waals surface area contributed by atoms with Gasteiger partial charge in [0.05, 0.1) is 27.9 Å². The summed E-state index contributed by atoms with van der Waals surface area (Å²) in [6, 6.07) is 11.3. The molecule has 5 nitrogen and oxygen atoms in total. The number of nitriles is 1. The first-order chi connectivity index (χ1) is 11.4. The van der Waals surface area contributed by atoms with Crippen LogP contribution in [0.5, 0.6) is 0 Å². The third-order valence-corrected chi connectivity index (χ3v) is 3.40. The zero-order valence-electron chi connectivity index (χ0n) is 12.5. The molecular formula is C17H12ClFN2O3. The van der Waals surface area contributed by atoms with E-state index in [9.17, 15) is 14.0 Å². The largest absolute Gasteiger partial charge is 0.449 e. The number of hydrogen-bond donors (Lipinski definition) is 1. The number of benzene rings is 2. The molecule has 0 spiro atoms. The minimum Gasteiger partial charge on any atom is -0.449 e. The van der Waals surface area contributed by atoms with Crippen LogP contribution < -0.4 is 5.32 Å². The number of anilines is 1. The van der Waals surface area contributed by atoms with Crippen molar-refractivity contribution in [2.75, 3.05) is 5.32 Å². The average molecular weight is 347 g/mol. The van der Waals surface area contributed by atoms with Gasteiger partial charge in [-0.15, -0.1) is 0 Å². The van der Waals surface area contributed by atoms with Crippen LogP contribution >= 0.6 is 11.6 Å². The first kappa shape index (κ1) is 17.4. The first-order valence-electron chi connectivity index (χ1n) is 6.88. The van der Waals surface area contributed by atoms with Crippen LogP contribution in [0.3, 0.4) is 0 Å². The summed E-state index contributed by atoms with van der Waals surface area (Å²) in [6.45, 7) is 1.40. The summed E-state index contributed by atoms with van der Waals surface area (Å²) in [6.07, 6.45) is -1.09. The Morgan fingerprint density at radius 3 is 2.50 bits per heavy atom. The number of carbonyl (C=O) groups is 2. The fourth-order valence-electron chi connectivity index (χ4n) is 1.79. The fraction of sp³-hybridized carbons (Fsp3) is 0.118. The molecule has 1 N–H and O–H groups in total. The zero-order chi connectivity index (χ0) is 17.7. The number of amides is 1. The predicted octanol–water partition coefficient (Wildman–Crippen LogP) is 3.53. The van der Waals surface area contributed by atoms with E-state index in [4.69, 9.17) is 21.6 Å². The number of ether oxygens (including phenoxy) is 1. The Kier molecular flexibility index (Phi) is 5.51. The molecular weight excluding hydrogens is 335 g/mol. The van der Waals surface area contributed by atoms with Crippen molar-refractivity contribution >= 4 is 29.2 Å². The normalized spacial score (nSPS) is 11.2. The van der Waals surface area contributed by atoms with Gasteiger partial charge in [0.15, 0.2) is 6.10 Å². The van der Waals surface area contributed by atoms with Gasteiger partial charge in [0, 0.05) is 0 Å². The Bertz CT molecular complexity index is 816. The maximum absolute atomic E-state index is 13.0. The van der Waals surface area contributed by atoms with E-state index in [0.717, 1.165) is 12.1 Å². The highest BCUT2D eigenvalue weighted by molar-refractivity contribution is 6.33. The van der Waals surface area contributed by atoms with Crippen molar-refractivity contribution in [2.24, 2.45) is 0 Å². The van der Waals surface area contributed by atoms with E-state index in [1.807, 2.05) is 6.07 Å². The fourth-order valence-corrected chi connectivity index (χ4v) is 2.00. The summed E-state index contributed by atoms with van der Waals surface area (Å²) in [5.74, 6) is -1.84. The monoisotopic (exact) mass is 346 g/mol. The molecule has 0 aliphatic heterocycles. The molecule has 0 saturated heterocycles. The molecule has 24 heavy (non-hydrogen) atoms. The molecule has 2 aromatic carbocycles. The highest BCUT2D eigenvalue weighted by Crippen LogP contribution is 2.22. The van der Waals surface area contributed by atoms with E-state index in [1.54, 1.807) is 0 Å². The number of esters is 1. The lowest BCUT2D eigenvalue weighted by Crippen LogP contribution is -2.30. The van der Waals surface area contributed by atoms with Crippen molar-refractivity contribution in [1.82, 2.24) is 0 Å². The molecule has 2 rings (SSSR count). The molecule has 0 heterocycles. The first-order valence-corrected chi connectivity index (χ1v) is 7.25. The summed E-state index contributed by atoms with van der Waals surface area (Å²) in [4.78, 5) is 24.0. The maximum atomic E-state index is 13.0. The Labute approximate surface area is 142 Å². The number of nitrogens with zero attached hydrogens (tertiary/aromatic N) is 1. The summed E-state index contributed by atoms with van der Waals surface area (Å²) in [5, 5.41) is 11.2. The van der Waals surface area contributed by atoms with Gasteiger partial charge >= 0.3 is 5.97 Å². The summed E-state index contributed by atoms with van der Waals surface area (Å²) in [7, 11) is 0. The highest BCUT2D eigenvalue weighted by Gasteiger charge is 2.20. The SMILES string of the molecule is C[C@@H](OC(=O)c1ccc(C#N)cc1)C(=O)Nc1ccc(F)cc1Cl. The Morgan fingerprint density at radius 1 is 1.25 bits per heavy atom. The van der Waals surface area contributed by atoms with Gasteiger partial charge in [-0.1, -0.05) is 11.6 Å². The molecule has 0 fully saturated rings. The van der Waals surface area contributed by atoms with E-state index in [1.165, 1.54) is 37.3 Å². The van der Waals surface area contributed by atoms with E-state index in [-0.39, 0.29) is 16.3 Å². The van der Waals surface area contributed by atoms with Crippen molar-refractivity contribution in [3.8, 4) is 6.07 Å². The molecule has 1 atom stereocenters. The number of carbonyl (C=O) groups excluding carboxylic acids is 2. The molecule has 0 aliphatic rings. The third-order valence-electron chi connectivity index (χ3n) is 3.09. The van der Waals surface area contributed by atoms with Crippen LogP contribution in [0.1, 0.15) is 22.8 Å². The third kappa shape index (κ3) is 4.31. The maximum Gasteiger partial charge on any atom is 0.338 e. The van der Waals surface area contributed by atoms with Gasteiger partial charge in [-0.05, 0) is 49.4 Å². The van der Waals surface area contributed by atoms with Gasteiger partial charge in [0.2, 0.25) is 0 Å². The van der Waals surface area contributed by atoms with Crippen LogP contribution in [0.25, 0.3) is 0 Å². The van der Waals surface area contributed by atoms with Crippen molar-refractivity contribution in [3.63, 3.8) is 0 Å². The number of hydrogen-bond acceptors (Lipinski definition) is 4. The Balaban J connectivity index is 2.00. The topological polar surface area (TPSA) is 79.2 Å². The van der Waals surface area contributed by atoms with Gasteiger partial charge in [-0.2, -0.15) is 5.26 Å². The van der Waals surface area contributed by atoms with Crippen LogP contribution in [-0.2, 0) is 9.53 Å². The smallest absolute Gasteiger partial charge is 0.338 e. The Hall–Kier alpha value is -2.91. The number of nitrogens with one attached hydrogen (secondary N) is 1. The second-order valence-corrected chi connectivity index (χ2v) is 5.26. The van der Waals surface area contributed by atoms with Crippen LogP contribution in [-0.4, -0.2) is 18.0 Å². The molecule has 0 aliphatic carbocycles. The van der Waals surface area contributed by atoms with E-state index in [2.05, 4.69) is 5.32 Å². The number of halogens is 2. The molecule has 0 aromatic heterocycles. The van der Waals surface area contributed by atoms with Crippen LogP contribution in [0.15, 0.2) is 42.5 Å². The average Bonchev–Trinajstić information content (AvgIpc) is 2.57. The molecule has 0 bridgehead atoms. The van der Waals surface area contributed by atoms with E-state index >= 15 is 0 Å². The van der Waals surface area contributed by atoms with Gasteiger partial charge in [-0.3, -0.25) is 4.79 Å². The van der Waals surface area contributed by atoms with E-state index < -0.39 is 23.8 Å². The Morgan fingerprint density at radius 2 is 1.92 bits per heavy atom. The summed E-state index contributed by atoms with van der Waals surface area (Å²) >= 11 is 5.82. The summed E-state index contributed by atoms with van der Waals surface area (Å²) in [5.41, 5.74) is 0.834. The molecule has 0 unspecified atom stereocenters. The molecule has 1 amide bonds. The standard InChI is InChI=1S/C17H12ClFN2O3/c1-10(16(22)21-15-7-6-13(19)8-14(15)18)24-17(23)12-4-2-11(9-20)3-5-12/h2-8,10H,1H3,(H,21,22)/t10-/m1/s1. The van der Waals surface area contributed by atoms with Gasteiger partial charge < -0.3 is 10.1 Å². The van der Waals surface area contributed by atoms with Crippen molar-refractivity contribution in [1.29, 1.82) is 5.26 Å². The minimum atomic E-state index is -1.09. The van der Waals surface area contributed by atoms with Crippen molar-refractivity contribution in [2.45, 2.75) is 13.0 Å². The lowest BCUT2D eigenvalue weighted by atomic mass is 10.1. The lowest BCUT2D eigenvalue weighted by molar-refractivity contribution is -0.123.